The highest BCUT2D eigenvalue weighted by Crippen LogP contribution is 2.34. The summed E-state index contributed by atoms with van der Waals surface area (Å²) >= 11 is 0. The summed E-state index contributed by atoms with van der Waals surface area (Å²) in [7, 11) is -3.77. The highest BCUT2D eigenvalue weighted by atomic mass is 32.2. The molecule has 2 N–H and O–H groups in total. The molecule has 4 aliphatic heterocycles. The third-order valence-electron chi connectivity index (χ3n) is 12.3. The SMILES string of the molecule is O=C1CCC(N2C(=O)c3cc(F)c(N4CCN(Cc5cccc(S(=O)(=O)N6CCC(Nc7ncc8ccc(=O)n(C9CCCC9)c8n7)CC6)c5)CC4)cc3C2=O)C(=O)N1. The van der Waals surface area contributed by atoms with Crippen LogP contribution in [0.25, 0.3) is 11.0 Å². The molecule has 1 unspecified atom stereocenters. The van der Waals surface area contributed by atoms with Crippen LogP contribution < -0.4 is 21.1 Å². The molecule has 2 aromatic heterocycles. The molecule has 2 aromatic carbocycles. The molecule has 4 aromatic rings. The third kappa shape index (κ3) is 7.37. The van der Waals surface area contributed by atoms with E-state index in [-0.39, 0.29) is 52.2 Å². The Kier molecular flexibility index (Phi) is 10.2. The molecule has 18 heteroatoms. The predicted molar refractivity (Wildman–Crippen MR) is 214 cm³/mol. The highest BCUT2D eigenvalue weighted by molar-refractivity contribution is 7.89. The number of pyridine rings is 1. The second kappa shape index (κ2) is 15.5. The van der Waals surface area contributed by atoms with Gasteiger partial charge in [-0.2, -0.15) is 9.29 Å². The summed E-state index contributed by atoms with van der Waals surface area (Å²) < 4.78 is 46.5. The van der Waals surface area contributed by atoms with Gasteiger partial charge in [-0.05, 0) is 68.0 Å². The first kappa shape index (κ1) is 38.9. The lowest BCUT2D eigenvalue weighted by Crippen LogP contribution is -2.54. The molecule has 0 radical (unpaired) electrons. The number of amides is 4. The fraction of sp³-hybridized carbons (Fsp3) is 0.439. The van der Waals surface area contributed by atoms with E-state index in [4.69, 9.17) is 4.98 Å². The molecule has 1 atom stereocenters. The van der Waals surface area contributed by atoms with E-state index in [0.29, 0.717) is 70.3 Å². The molecule has 1 saturated carbocycles. The number of aromatic nitrogens is 3. The zero-order valence-electron chi connectivity index (χ0n) is 32.3. The number of carbonyl (C=O) groups is 4. The van der Waals surface area contributed by atoms with Gasteiger partial charge in [-0.15, -0.1) is 0 Å². The Morgan fingerprint density at radius 3 is 2.29 bits per heavy atom. The van der Waals surface area contributed by atoms with Gasteiger partial charge in [0, 0.05) is 82.0 Å². The molecule has 3 saturated heterocycles. The van der Waals surface area contributed by atoms with Gasteiger partial charge in [0.05, 0.1) is 21.7 Å². The molecule has 4 amide bonds. The van der Waals surface area contributed by atoms with Gasteiger partial charge in [-0.1, -0.05) is 25.0 Å². The van der Waals surface area contributed by atoms with Crippen LogP contribution in [0.3, 0.4) is 0 Å². The molecule has 59 heavy (non-hydrogen) atoms. The smallest absolute Gasteiger partial charge is 0.262 e. The van der Waals surface area contributed by atoms with Crippen LogP contribution in [0.1, 0.15) is 83.7 Å². The Hall–Kier alpha value is -5.59. The van der Waals surface area contributed by atoms with Crippen molar-refractivity contribution < 1.29 is 32.0 Å². The molecule has 4 fully saturated rings. The van der Waals surface area contributed by atoms with Gasteiger partial charge < -0.3 is 10.2 Å². The average Bonchev–Trinajstić information content (AvgIpc) is 3.84. The summed E-state index contributed by atoms with van der Waals surface area (Å²) in [6.07, 6.45) is 6.91. The van der Waals surface area contributed by atoms with Crippen LogP contribution in [0, 0.1) is 5.82 Å². The number of carbonyl (C=O) groups excluding carboxylic acids is 4. The van der Waals surface area contributed by atoms with Crippen molar-refractivity contribution in [3.63, 3.8) is 0 Å². The summed E-state index contributed by atoms with van der Waals surface area (Å²) in [5.74, 6) is -2.90. The topological polar surface area (TPSA) is 187 Å². The van der Waals surface area contributed by atoms with E-state index < -0.39 is 45.5 Å². The van der Waals surface area contributed by atoms with E-state index in [9.17, 15) is 32.4 Å². The lowest BCUT2D eigenvalue weighted by molar-refractivity contribution is -0.136. The van der Waals surface area contributed by atoms with Crippen LogP contribution in [0.4, 0.5) is 16.0 Å². The van der Waals surface area contributed by atoms with Crippen molar-refractivity contribution in [2.45, 2.75) is 80.9 Å². The minimum Gasteiger partial charge on any atom is -0.367 e. The van der Waals surface area contributed by atoms with Crippen LogP contribution in [0.5, 0.6) is 0 Å². The Morgan fingerprint density at radius 1 is 0.831 bits per heavy atom. The number of nitrogens with zero attached hydrogens (tertiary/aromatic N) is 7. The first-order chi connectivity index (χ1) is 28.4. The van der Waals surface area contributed by atoms with Crippen LogP contribution >= 0.6 is 0 Å². The van der Waals surface area contributed by atoms with E-state index in [1.807, 2.05) is 6.07 Å². The summed E-state index contributed by atoms with van der Waals surface area (Å²) in [4.78, 5) is 77.6. The quantitative estimate of drug-likeness (QED) is 0.236. The minimum absolute atomic E-state index is 0.00924. The molecule has 308 valence electrons. The summed E-state index contributed by atoms with van der Waals surface area (Å²) in [5.41, 5.74) is 1.46. The Morgan fingerprint density at radius 2 is 1.56 bits per heavy atom. The van der Waals surface area contributed by atoms with Crippen molar-refractivity contribution in [1.29, 1.82) is 0 Å². The first-order valence-corrected chi connectivity index (χ1v) is 21.6. The number of hydrogen-bond acceptors (Lipinski definition) is 12. The molecular weight excluding hydrogens is 782 g/mol. The van der Waals surface area contributed by atoms with Gasteiger partial charge in [-0.25, -0.2) is 17.8 Å². The number of sulfonamides is 1. The van der Waals surface area contributed by atoms with Crippen molar-refractivity contribution in [1.82, 2.24) is 34.0 Å². The number of piperazine rings is 1. The van der Waals surface area contributed by atoms with E-state index >= 15 is 4.39 Å². The predicted octanol–water partition coefficient (Wildman–Crippen LogP) is 3.03. The fourth-order valence-electron chi connectivity index (χ4n) is 9.13. The Balaban J connectivity index is 0.803. The molecular formula is C41H44FN9O7S. The van der Waals surface area contributed by atoms with Gasteiger partial charge in [-0.3, -0.25) is 43.7 Å². The summed E-state index contributed by atoms with van der Waals surface area (Å²) in [5, 5.41) is 6.35. The number of fused-ring (bicyclic) bond motifs is 2. The van der Waals surface area contributed by atoms with Crippen molar-refractivity contribution in [3.8, 4) is 0 Å². The van der Waals surface area contributed by atoms with Crippen LogP contribution in [-0.4, -0.2) is 112 Å². The van der Waals surface area contributed by atoms with Crippen LogP contribution in [0.15, 0.2) is 64.4 Å². The van der Waals surface area contributed by atoms with E-state index in [0.717, 1.165) is 47.6 Å². The zero-order valence-corrected chi connectivity index (χ0v) is 33.1. The third-order valence-corrected chi connectivity index (χ3v) is 14.2. The molecule has 1 aliphatic carbocycles. The van der Waals surface area contributed by atoms with Gasteiger partial charge in [0.15, 0.2) is 0 Å². The molecule has 0 spiro atoms. The Labute approximate surface area is 339 Å². The number of imide groups is 2. The molecule has 6 heterocycles. The number of halogens is 1. The number of piperidine rings is 2. The van der Waals surface area contributed by atoms with Crippen molar-refractivity contribution in [2.75, 3.05) is 49.5 Å². The van der Waals surface area contributed by atoms with Crippen LogP contribution in [0.2, 0.25) is 0 Å². The van der Waals surface area contributed by atoms with Crippen molar-refractivity contribution in [2.24, 2.45) is 0 Å². The largest absolute Gasteiger partial charge is 0.367 e. The van der Waals surface area contributed by atoms with Gasteiger partial charge in [0.25, 0.3) is 17.4 Å². The van der Waals surface area contributed by atoms with Crippen molar-refractivity contribution in [3.05, 3.63) is 87.6 Å². The normalized spacial score (nSPS) is 21.4. The average molecular weight is 826 g/mol. The highest BCUT2D eigenvalue weighted by Gasteiger charge is 2.45. The second-order valence-corrected chi connectivity index (χ2v) is 17.9. The number of anilines is 2. The van der Waals surface area contributed by atoms with E-state index in [2.05, 4.69) is 20.5 Å². The lowest BCUT2D eigenvalue weighted by Gasteiger charge is -2.36. The van der Waals surface area contributed by atoms with Gasteiger partial charge in [0.1, 0.15) is 17.5 Å². The molecule has 0 bridgehead atoms. The van der Waals surface area contributed by atoms with Gasteiger partial charge >= 0.3 is 0 Å². The standard InChI is InChI=1S/C41H44FN9O7S/c42-32-21-30-31(40(56)51(39(30)55)33-9-10-35(52)45-38(33)54)22-34(32)48-18-16-47(17-19-48)24-25-4-3-7-29(20-25)59(57,58)49-14-12-27(13-15-49)44-41-43-23-26-8-11-36(53)50(37(26)46-41)28-5-1-2-6-28/h3-4,7-8,11,20-23,27-28,33H,1-2,5-6,9-10,12-19,24H2,(H,43,44,46)(H,45,52,54). The fourth-order valence-corrected chi connectivity index (χ4v) is 10.7. The minimum atomic E-state index is -3.77. The number of nitrogens with one attached hydrogen (secondary N) is 2. The van der Waals surface area contributed by atoms with E-state index in [1.54, 1.807) is 46.0 Å². The monoisotopic (exact) mass is 825 g/mol. The number of hydrogen-bond donors (Lipinski definition) is 2. The Bertz CT molecular complexity index is 2550. The lowest BCUT2D eigenvalue weighted by atomic mass is 10.0. The summed E-state index contributed by atoms with van der Waals surface area (Å²) in [6, 6.07) is 11.6. The maximum atomic E-state index is 15.5. The molecule has 5 aliphatic rings. The summed E-state index contributed by atoms with van der Waals surface area (Å²) in [6.45, 7) is 3.01. The van der Waals surface area contributed by atoms with Crippen molar-refractivity contribution >= 4 is 56.3 Å². The maximum absolute atomic E-state index is 15.5. The van der Waals surface area contributed by atoms with E-state index in [1.165, 1.54) is 10.4 Å². The van der Waals surface area contributed by atoms with Crippen LogP contribution in [-0.2, 0) is 26.2 Å². The molecule has 16 nitrogen and oxygen atoms in total. The maximum Gasteiger partial charge on any atom is 0.262 e. The number of benzene rings is 2. The second-order valence-electron chi connectivity index (χ2n) is 16.0. The molecule has 9 rings (SSSR count). The zero-order chi connectivity index (χ0) is 41.0. The first-order valence-electron chi connectivity index (χ1n) is 20.2. The van der Waals surface area contributed by atoms with Gasteiger partial charge in [0.2, 0.25) is 27.8 Å². The number of rotatable bonds is 9.